The van der Waals surface area contributed by atoms with Gasteiger partial charge in [0, 0.05) is 6.08 Å². The Bertz CT molecular complexity index is 413. The van der Waals surface area contributed by atoms with Crippen LogP contribution in [0, 0.1) is 5.63 Å². The van der Waals surface area contributed by atoms with Gasteiger partial charge in [-0.25, -0.2) is 4.79 Å². The minimum absolute atomic E-state index is 0.357. The van der Waals surface area contributed by atoms with E-state index in [1.165, 1.54) is 6.08 Å². The number of hydrogen-bond donors (Lipinski definition) is 0. The van der Waals surface area contributed by atoms with Crippen LogP contribution in [0.15, 0.2) is 12.7 Å². The molecule has 6 heteroatoms. The van der Waals surface area contributed by atoms with Crippen molar-refractivity contribution in [3.8, 4) is 5.63 Å². The first-order chi connectivity index (χ1) is 10.2. The van der Waals surface area contributed by atoms with Crippen LogP contribution in [0.4, 0.5) is 0 Å². The zero-order valence-electron chi connectivity index (χ0n) is 12.3. The third-order valence-electron chi connectivity index (χ3n) is 2.82. The number of esters is 2. The van der Waals surface area contributed by atoms with Crippen molar-refractivity contribution in [3.63, 3.8) is 0 Å². The summed E-state index contributed by atoms with van der Waals surface area (Å²) < 4.78 is 19.7. The molecule has 0 aliphatic rings. The fourth-order valence-electron chi connectivity index (χ4n) is 1.73. The van der Waals surface area contributed by atoms with Crippen molar-refractivity contribution in [2.45, 2.75) is 51.4 Å². The number of unbranched alkanes of at least 4 members (excludes halogenated alkanes) is 7. The predicted molar refractivity (Wildman–Crippen MR) is 80.5 cm³/mol. The molecule has 0 aromatic heterocycles. The van der Waals surface area contributed by atoms with Crippen LogP contribution in [0.3, 0.4) is 0 Å². The molecule has 0 aliphatic heterocycles. The normalized spacial score (nSPS) is 9.52. The van der Waals surface area contributed by atoms with Gasteiger partial charge in [0.25, 0.3) is 0 Å². The molecule has 0 spiro atoms. The van der Waals surface area contributed by atoms with Crippen molar-refractivity contribution in [1.82, 2.24) is 0 Å². The van der Waals surface area contributed by atoms with Crippen molar-refractivity contribution in [2.75, 3.05) is 13.2 Å². The molecule has 21 heavy (non-hydrogen) atoms. The van der Waals surface area contributed by atoms with Crippen LogP contribution in [-0.2, 0) is 23.6 Å². The van der Waals surface area contributed by atoms with Crippen molar-refractivity contribution >= 4 is 19.9 Å². The van der Waals surface area contributed by atoms with Crippen LogP contribution in [-0.4, -0.2) is 25.2 Å². The van der Waals surface area contributed by atoms with Crippen LogP contribution in [0.2, 0.25) is 0 Å². The Balaban J connectivity index is 3.17. The Hall–Kier alpha value is -1.31. The van der Waals surface area contributed by atoms with Gasteiger partial charge >= 0.3 is 97.6 Å². The SMILES string of the molecule is C=CC(=O)OCCCCCCCCCCOC(=O)C#P=O. The molecular weight excluding hydrogens is 291 g/mol. The number of carbonyl (C=O) groups is 2. The van der Waals surface area contributed by atoms with Crippen molar-refractivity contribution in [1.29, 1.82) is 0 Å². The molecule has 0 unspecified atom stereocenters. The van der Waals surface area contributed by atoms with Gasteiger partial charge in [-0.15, -0.1) is 0 Å². The molecule has 0 saturated heterocycles. The van der Waals surface area contributed by atoms with E-state index >= 15 is 0 Å². The van der Waals surface area contributed by atoms with Crippen LogP contribution in [0.5, 0.6) is 0 Å². The summed E-state index contributed by atoms with van der Waals surface area (Å²) in [6.45, 7) is 4.15. The van der Waals surface area contributed by atoms with Crippen molar-refractivity contribution in [2.24, 2.45) is 0 Å². The van der Waals surface area contributed by atoms with Crippen molar-refractivity contribution < 1.29 is 23.6 Å². The van der Waals surface area contributed by atoms with Gasteiger partial charge in [0.15, 0.2) is 0 Å². The Labute approximate surface area is 127 Å². The molecule has 0 heterocycles. The maximum absolute atomic E-state index is 10.8. The van der Waals surface area contributed by atoms with E-state index in [9.17, 15) is 14.2 Å². The fraction of sp³-hybridized carbons (Fsp3) is 0.667. The minimum atomic E-state index is -0.649. The number of hydrogen-bond acceptors (Lipinski definition) is 5. The Morgan fingerprint density at radius 1 is 0.905 bits per heavy atom. The topological polar surface area (TPSA) is 69.7 Å². The summed E-state index contributed by atoms with van der Waals surface area (Å²) in [5.74, 6) is -1.01. The van der Waals surface area contributed by atoms with Gasteiger partial charge in [-0.05, 0) is 0 Å². The molecule has 5 nitrogen and oxygen atoms in total. The summed E-state index contributed by atoms with van der Waals surface area (Å²) in [5, 5.41) is 0. The van der Waals surface area contributed by atoms with E-state index in [0.29, 0.717) is 13.2 Å². The first kappa shape index (κ1) is 19.7. The molecule has 0 fully saturated rings. The van der Waals surface area contributed by atoms with Crippen LogP contribution in [0.1, 0.15) is 51.4 Å². The molecule has 0 aromatic rings. The molecule has 118 valence electrons. The van der Waals surface area contributed by atoms with Gasteiger partial charge in [-0.2, -0.15) is 0 Å². The Kier molecular flexibility index (Phi) is 14.1. The zero-order chi connectivity index (χ0) is 15.8. The second-order valence-corrected chi connectivity index (χ2v) is 4.95. The molecule has 0 aromatic carbocycles. The number of rotatable bonds is 12. The summed E-state index contributed by atoms with van der Waals surface area (Å²) >= 11 is 0. The third-order valence-corrected chi connectivity index (χ3v) is 3.09. The average molecular weight is 314 g/mol. The van der Waals surface area contributed by atoms with Gasteiger partial charge in [-0.3, -0.25) is 0 Å². The summed E-state index contributed by atoms with van der Waals surface area (Å²) in [5.41, 5.74) is 2.01. The van der Waals surface area contributed by atoms with E-state index in [-0.39, 0.29) is 5.97 Å². The molecule has 0 rings (SSSR count). The molecule has 0 saturated carbocycles. The molecular formula is C15H23O5P. The fourth-order valence-corrected chi connectivity index (χ4v) is 1.87. The zero-order valence-corrected chi connectivity index (χ0v) is 13.2. The molecule has 0 bridgehead atoms. The maximum atomic E-state index is 10.8. The monoisotopic (exact) mass is 314 g/mol. The number of carbonyl (C=O) groups excluding carboxylic acids is 2. The van der Waals surface area contributed by atoms with Crippen LogP contribution >= 0.6 is 7.92 Å². The van der Waals surface area contributed by atoms with E-state index in [1.807, 2.05) is 5.63 Å². The van der Waals surface area contributed by atoms with Gasteiger partial charge < -0.3 is 4.74 Å². The number of ether oxygens (including phenoxy) is 2. The van der Waals surface area contributed by atoms with E-state index in [1.54, 1.807) is 0 Å². The Morgan fingerprint density at radius 3 is 1.86 bits per heavy atom. The summed E-state index contributed by atoms with van der Waals surface area (Å²) in [6, 6.07) is 0. The van der Waals surface area contributed by atoms with E-state index in [4.69, 9.17) is 9.47 Å². The van der Waals surface area contributed by atoms with Crippen LogP contribution < -0.4 is 0 Å². The van der Waals surface area contributed by atoms with E-state index in [0.717, 1.165) is 51.4 Å². The standard InChI is InChI=1S/C15H23O5P/c1-2-14(16)19-11-9-7-5-3-4-6-8-10-12-20-15(17)13-21-18/h2H,1,3-12H2. The first-order valence-electron chi connectivity index (χ1n) is 7.25. The van der Waals surface area contributed by atoms with E-state index < -0.39 is 13.9 Å². The molecule has 0 amide bonds. The van der Waals surface area contributed by atoms with Gasteiger partial charge in [0.1, 0.15) is 0 Å². The van der Waals surface area contributed by atoms with Crippen molar-refractivity contribution in [3.05, 3.63) is 12.7 Å². The summed E-state index contributed by atoms with van der Waals surface area (Å²) in [6.07, 6.45) is 9.50. The molecule has 0 aliphatic carbocycles. The van der Waals surface area contributed by atoms with E-state index in [2.05, 4.69) is 6.58 Å². The second-order valence-electron chi connectivity index (χ2n) is 4.54. The van der Waals surface area contributed by atoms with Gasteiger partial charge in [0.05, 0.1) is 6.61 Å². The molecule has 0 N–H and O–H groups in total. The van der Waals surface area contributed by atoms with Gasteiger partial charge in [0.2, 0.25) is 0 Å². The Morgan fingerprint density at radius 2 is 1.38 bits per heavy atom. The predicted octanol–water partition coefficient (Wildman–Crippen LogP) is 3.63. The second kappa shape index (κ2) is 15.1. The van der Waals surface area contributed by atoms with Gasteiger partial charge in [-0.1, -0.05) is 6.58 Å². The first-order valence-corrected chi connectivity index (χ1v) is 8.06. The molecule has 0 radical (unpaired) electrons. The average Bonchev–Trinajstić information content (AvgIpc) is 2.48. The third kappa shape index (κ3) is 14.9. The quantitative estimate of drug-likeness (QED) is 0.238. The summed E-state index contributed by atoms with van der Waals surface area (Å²) in [7, 11) is -0.435. The van der Waals surface area contributed by atoms with Crippen LogP contribution in [0.25, 0.3) is 0 Å². The summed E-state index contributed by atoms with van der Waals surface area (Å²) in [4.78, 5) is 21.5. The molecule has 0 atom stereocenters.